The highest BCUT2D eigenvalue weighted by atomic mass is 16.5. The van der Waals surface area contributed by atoms with Gasteiger partial charge in [-0.15, -0.1) is 12.3 Å². The van der Waals surface area contributed by atoms with Crippen molar-refractivity contribution in [2.75, 3.05) is 7.11 Å². The van der Waals surface area contributed by atoms with E-state index in [9.17, 15) is 0 Å². The molecule has 0 bridgehead atoms. The second kappa shape index (κ2) is 3.99. The Balaban J connectivity index is 2.81. The number of aromatic nitrogens is 1. The average molecular weight is 163 g/mol. The number of hydrogen-bond acceptors (Lipinski definition) is 1. The fourth-order valence-corrected chi connectivity index (χ4v) is 1.22. The summed E-state index contributed by atoms with van der Waals surface area (Å²) in [4.78, 5) is 0. The van der Waals surface area contributed by atoms with Crippen molar-refractivity contribution in [1.29, 1.82) is 0 Å². The first kappa shape index (κ1) is 8.89. The number of methoxy groups -OCH3 is 1. The normalized spacial score (nSPS) is 12.4. The molecule has 1 unspecified atom stereocenters. The Labute approximate surface area is 73.2 Å². The van der Waals surface area contributed by atoms with E-state index in [1.165, 1.54) is 0 Å². The Morgan fingerprint density at radius 2 is 2.50 bits per heavy atom. The molecule has 0 fully saturated rings. The first-order valence-electron chi connectivity index (χ1n) is 3.87. The van der Waals surface area contributed by atoms with E-state index >= 15 is 0 Å². The quantitative estimate of drug-likeness (QED) is 0.619. The fraction of sp³-hybridized carbons (Fsp3) is 0.400. The summed E-state index contributed by atoms with van der Waals surface area (Å²) in [7, 11) is 3.66. The van der Waals surface area contributed by atoms with Gasteiger partial charge in [-0.2, -0.15) is 0 Å². The number of nitrogens with zero attached hydrogens (tertiary/aromatic N) is 1. The molecule has 64 valence electrons. The standard InChI is InChI=1S/C10H13NO/c1-4-6-10(12-3)9-7-5-8-11(9)2/h1,5,7-8,10H,6H2,2-3H3. The van der Waals surface area contributed by atoms with E-state index < -0.39 is 0 Å². The van der Waals surface area contributed by atoms with Gasteiger partial charge in [0.15, 0.2) is 0 Å². The van der Waals surface area contributed by atoms with E-state index in [4.69, 9.17) is 11.2 Å². The second-order valence-corrected chi connectivity index (χ2v) is 2.68. The van der Waals surface area contributed by atoms with Crippen LogP contribution in [0.4, 0.5) is 0 Å². The zero-order valence-electron chi connectivity index (χ0n) is 7.45. The van der Waals surface area contributed by atoms with Crippen LogP contribution in [0.1, 0.15) is 18.2 Å². The molecular formula is C10H13NO. The second-order valence-electron chi connectivity index (χ2n) is 2.68. The van der Waals surface area contributed by atoms with Gasteiger partial charge in [0.05, 0.1) is 0 Å². The molecule has 0 aromatic carbocycles. The molecule has 0 amide bonds. The average Bonchev–Trinajstić information content (AvgIpc) is 2.47. The lowest BCUT2D eigenvalue weighted by molar-refractivity contribution is 0.102. The number of aryl methyl sites for hydroxylation is 1. The first-order valence-corrected chi connectivity index (χ1v) is 3.87. The topological polar surface area (TPSA) is 14.2 Å². The molecule has 1 rings (SSSR count). The van der Waals surface area contributed by atoms with Crippen molar-refractivity contribution in [1.82, 2.24) is 4.57 Å². The maximum Gasteiger partial charge on any atom is 0.108 e. The molecule has 2 nitrogen and oxygen atoms in total. The number of terminal acetylenes is 1. The third-order valence-electron chi connectivity index (χ3n) is 1.90. The van der Waals surface area contributed by atoms with Crippen LogP contribution in [0.15, 0.2) is 18.3 Å². The lowest BCUT2D eigenvalue weighted by atomic mass is 10.2. The predicted octanol–water partition coefficient (Wildman–Crippen LogP) is 1.74. The van der Waals surface area contributed by atoms with Crippen LogP contribution in [0.25, 0.3) is 0 Å². The minimum absolute atomic E-state index is 0.0231. The molecule has 0 radical (unpaired) electrons. The van der Waals surface area contributed by atoms with Crippen molar-refractivity contribution in [3.63, 3.8) is 0 Å². The maximum atomic E-state index is 5.25. The van der Waals surface area contributed by atoms with Crippen LogP contribution in [0.2, 0.25) is 0 Å². The van der Waals surface area contributed by atoms with E-state index in [1.54, 1.807) is 7.11 Å². The zero-order chi connectivity index (χ0) is 8.97. The fourth-order valence-electron chi connectivity index (χ4n) is 1.22. The van der Waals surface area contributed by atoms with Crippen LogP contribution in [0.5, 0.6) is 0 Å². The van der Waals surface area contributed by atoms with Crippen LogP contribution in [0.3, 0.4) is 0 Å². The lowest BCUT2D eigenvalue weighted by Gasteiger charge is -2.13. The molecule has 1 aromatic rings. The zero-order valence-corrected chi connectivity index (χ0v) is 7.45. The number of ether oxygens (including phenoxy) is 1. The van der Waals surface area contributed by atoms with Gasteiger partial charge in [0.2, 0.25) is 0 Å². The summed E-state index contributed by atoms with van der Waals surface area (Å²) < 4.78 is 7.27. The third-order valence-corrected chi connectivity index (χ3v) is 1.90. The van der Waals surface area contributed by atoms with Gasteiger partial charge >= 0.3 is 0 Å². The summed E-state index contributed by atoms with van der Waals surface area (Å²) in [5.41, 5.74) is 1.12. The molecule has 1 aromatic heterocycles. The van der Waals surface area contributed by atoms with Crippen LogP contribution >= 0.6 is 0 Å². The van der Waals surface area contributed by atoms with Gasteiger partial charge in [-0.1, -0.05) is 0 Å². The van der Waals surface area contributed by atoms with Gasteiger partial charge in [0.1, 0.15) is 6.10 Å². The van der Waals surface area contributed by atoms with Gasteiger partial charge < -0.3 is 9.30 Å². The Kier molecular flexibility index (Phi) is 2.95. The van der Waals surface area contributed by atoms with Crippen molar-refractivity contribution >= 4 is 0 Å². The van der Waals surface area contributed by atoms with Crippen LogP contribution in [-0.4, -0.2) is 11.7 Å². The molecule has 12 heavy (non-hydrogen) atoms. The van der Waals surface area contributed by atoms with E-state index in [1.807, 2.05) is 29.9 Å². The van der Waals surface area contributed by atoms with Gasteiger partial charge in [-0.05, 0) is 12.1 Å². The van der Waals surface area contributed by atoms with Gasteiger partial charge in [-0.25, -0.2) is 0 Å². The Bertz CT molecular complexity index is 282. The van der Waals surface area contributed by atoms with Crippen molar-refractivity contribution in [2.45, 2.75) is 12.5 Å². The van der Waals surface area contributed by atoms with Crippen molar-refractivity contribution < 1.29 is 4.74 Å². The number of hydrogen-bond donors (Lipinski definition) is 0. The molecule has 0 spiro atoms. The van der Waals surface area contributed by atoms with Gasteiger partial charge in [-0.3, -0.25) is 0 Å². The molecule has 0 saturated heterocycles. The van der Waals surface area contributed by atoms with Crippen molar-refractivity contribution in [3.8, 4) is 12.3 Å². The molecule has 2 heteroatoms. The summed E-state index contributed by atoms with van der Waals surface area (Å²) in [6.45, 7) is 0. The Morgan fingerprint density at radius 3 is 2.92 bits per heavy atom. The minimum atomic E-state index is 0.0231. The van der Waals surface area contributed by atoms with E-state index in [0.29, 0.717) is 6.42 Å². The summed E-state index contributed by atoms with van der Waals surface area (Å²) in [5.74, 6) is 2.60. The minimum Gasteiger partial charge on any atom is -0.374 e. The van der Waals surface area contributed by atoms with E-state index in [0.717, 1.165) is 5.69 Å². The maximum absolute atomic E-state index is 5.25. The van der Waals surface area contributed by atoms with E-state index in [-0.39, 0.29) is 6.10 Å². The molecule has 1 heterocycles. The molecule has 0 aliphatic heterocycles. The molecule has 1 atom stereocenters. The highest BCUT2D eigenvalue weighted by Gasteiger charge is 2.10. The molecule has 0 N–H and O–H groups in total. The monoisotopic (exact) mass is 163 g/mol. The summed E-state index contributed by atoms with van der Waals surface area (Å²) >= 11 is 0. The van der Waals surface area contributed by atoms with Gasteiger partial charge in [0.25, 0.3) is 0 Å². The van der Waals surface area contributed by atoms with Crippen LogP contribution in [0, 0.1) is 12.3 Å². The summed E-state index contributed by atoms with van der Waals surface area (Å²) in [6.07, 6.45) is 7.85. The lowest BCUT2D eigenvalue weighted by Crippen LogP contribution is -2.05. The smallest absolute Gasteiger partial charge is 0.108 e. The SMILES string of the molecule is C#CCC(OC)c1cccn1C. The third kappa shape index (κ3) is 1.69. The first-order chi connectivity index (χ1) is 5.79. The number of rotatable bonds is 3. The van der Waals surface area contributed by atoms with Crippen LogP contribution in [-0.2, 0) is 11.8 Å². The highest BCUT2D eigenvalue weighted by Crippen LogP contribution is 2.19. The van der Waals surface area contributed by atoms with Crippen LogP contribution < -0.4 is 0 Å². The highest BCUT2D eigenvalue weighted by molar-refractivity contribution is 5.12. The largest absolute Gasteiger partial charge is 0.374 e. The molecule has 0 aliphatic rings. The van der Waals surface area contributed by atoms with Crippen molar-refractivity contribution in [3.05, 3.63) is 24.0 Å². The Morgan fingerprint density at radius 1 is 1.75 bits per heavy atom. The Hall–Kier alpha value is -1.20. The molecular weight excluding hydrogens is 150 g/mol. The predicted molar refractivity (Wildman–Crippen MR) is 48.6 cm³/mol. The summed E-state index contributed by atoms with van der Waals surface area (Å²) in [5, 5.41) is 0. The van der Waals surface area contributed by atoms with E-state index in [2.05, 4.69) is 5.92 Å². The van der Waals surface area contributed by atoms with Crippen molar-refractivity contribution in [2.24, 2.45) is 7.05 Å². The van der Waals surface area contributed by atoms with Gasteiger partial charge in [0, 0.05) is 32.5 Å². The molecule has 0 saturated carbocycles. The summed E-state index contributed by atoms with van der Waals surface area (Å²) in [6, 6.07) is 4.00. The molecule has 0 aliphatic carbocycles.